The van der Waals surface area contributed by atoms with Gasteiger partial charge < -0.3 is 0 Å². The number of thiazole rings is 2. The van der Waals surface area contributed by atoms with Crippen LogP contribution >= 0.6 is 34.3 Å². The highest BCUT2D eigenvalue weighted by molar-refractivity contribution is 7.15. The molecule has 0 atom stereocenters. The summed E-state index contributed by atoms with van der Waals surface area (Å²) in [5.41, 5.74) is 7.33. The van der Waals surface area contributed by atoms with E-state index in [0.29, 0.717) is 0 Å². The van der Waals surface area contributed by atoms with Crippen LogP contribution in [0.2, 0.25) is 5.02 Å². The van der Waals surface area contributed by atoms with Crippen LogP contribution in [0.4, 0.5) is 0 Å². The van der Waals surface area contributed by atoms with Crippen LogP contribution in [0.15, 0.2) is 48.0 Å². The lowest BCUT2D eigenvalue weighted by Gasteiger charge is -2.07. The summed E-state index contributed by atoms with van der Waals surface area (Å²) in [4.78, 5) is 10.6. The molecule has 0 bridgehead atoms. The highest BCUT2D eigenvalue weighted by Gasteiger charge is 2.11. The first kappa shape index (κ1) is 18.4. The van der Waals surface area contributed by atoms with E-state index in [9.17, 15) is 0 Å². The van der Waals surface area contributed by atoms with Crippen LogP contribution in [-0.2, 0) is 6.42 Å². The Morgan fingerprint density at radius 1 is 0.926 bits per heavy atom. The largest absolute Gasteiger partial charge is 0.249 e. The fourth-order valence-corrected chi connectivity index (χ4v) is 4.96. The van der Waals surface area contributed by atoms with Crippen molar-refractivity contribution in [2.24, 2.45) is 0 Å². The molecular weight excluding hydrogens is 392 g/mol. The van der Waals surface area contributed by atoms with Gasteiger partial charge in [-0.1, -0.05) is 29.8 Å². The number of hydrogen-bond donors (Lipinski definition) is 0. The Bertz CT molecular complexity index is 1090. The van der Waals surface area contributed by atoms with E-state index in [1.54, 1.807) is 22.7 Å². The van der Waals surface area contributed by atoms with Crippen molar-refractivity contribution in [3.05, 3.63) is 79.7 Å². The van der Waals surface area contributed by atoms with E-state index in [4.69, 9.17) is 16.6 Å². The van der Waals surface area contributed by atoms with Gasteiger partial charge in [-0.25, -0.2) is 9.97 Å². The fourth-order valence-electron chi connectivity index (χ4n) is 3.02. The standard InChI is InChI=1S/C22H19ClN2S2/c1-13-8-15(3)18(9-14(13)2)19-12-26-22(25-19)10-21-24-11-20(27-21)16-4-6-17(23)7-5-16/h4-9,11-12H,10H2,1-3H3. The van der Waals surface area contributed by atoms with E-state index < -0.39 is 0 Å². The van der Waals surface area contributed by atoms with Gasteiger partial charge in [-0.05, 0) is 61.2 Å². The summed E-state index contributed by atoms with van der Waals surface area (Å²) < 4.78 is 0. The van der Waals surface area contributed by atoms with Crippen molar-refractivity contribution >= 4 is 34.3 Å². The van der Waals surface area contributed by atoms with Crippen molar-refractivity contribution in [2.45, 2.75) is 27.2 Å². The van der Waals surface area contributed by atoms with Gasteiger partial charge in [-0.2, -0.15) is 0 Å². The Labute approximate surface area is 172 Å². The Balaban J connectivity index is 1.55. The third kappa shape index (κ3) is 3.98. The van der Waals surface area contributed by atoms with Gasteiger partial charge in [-0.3, -0.25) is 0 Å². The lowest BCUT2D eigenvalue weighted by Crippen LogP contribution is -1.90. The average molecular weight is 411 g/mol. The third-order valence-electron chi connectivity index (χ3n) is 4.65. The molecular formula is C22H19ClN2S2. The molecule has 0 unspecified atom stereocenters. The lowest BCUT2D eigenvalue weighted by molar-refractivity contribution is 1.10. The second kappa shape index (κ2) is 7.55. The zero-order valence-electron chi connectivity index (χ0n) is 15.4. The maximum Gasteiger partial charge on any atom is 0.100 e. The fraction of sp³-hybridized carbons (Fsp3) is 0.182. The molecule has 2 aromatic heterocycles. The molecule has 5 heteroatoms. The van der Waals surface area contributed by atoms with Crippen LogP contribution in [0.1, 0.15) is 26.7 Å². The summed E-state index contributed by atoms with van der Waals surface area (Å²) in [5, 5.41) is 5.08. The van der Waals surface area contributed by atoms with Gasteiger partial charge in [0.05, 0.1) is 22.0 Å². The minimum absolute atomic E-state index is 0.750. The number of nitrogens with zero attached hydrogens (tertiary/aromatic N) is 2. The predicted octanol–water partition coefficient (Wildman–Crippen LogP) is 7.10. The quantitative estimate of drug-likeness (QED) is 0.358. The summed E-state index contributed by atoms with van der Waals surface area (Å²) in [5.74, 6) is 0. The van der Waals surface area contributed by atoms with Crippen molar-refractivity contribution in [3.8, 4) is 21.7 Å². The van der Waals surface area contributed by atoms with Crippen molar-refractivity contribution in [3.63, 3.8) is 0 Å². The van der Waals surface area contributed by atoms with E-state index in [-0.39, 0.29) is 0 Å². The molecule has 0 spiro atoms. The molecule has 0 aliphatic rings. The van der Waals surface area contributed by atoms with Crippen molar-refractivity contribution in [2.75, 3.05) is 0 Å². The summed E-state index contributed by atoms with van der Waals surface area (Å²) in [7, 11) is 0. The van der Waals surface area contributed by atoms with E-state index in [1.165, 1.54) is 22.3 Å². The summed E-state index contributed by atoms with van der Waals surface area (Å²) in [6, 6.07) is 12.4. The van der Waals surface area contributed by atoms with Crippen LogP contribution in [0.25, 0.3) is 21.7 Å². The van der Waals surface area contributed by atoms with Crippen LogP contribution in [0, 0.1) is 20.8 Å². The molecule has 0 saturated heterocycles. The molecule has 2 aromatic carbocycles. The second-order valence-electron chi connectivity index (χ2n) is 6.68. The number of halogens is 1. The van der Waals surface area contributed by atoms with E-state index in [0.717, 1.165) is 37.6 Å². The second-order valence-corrected chi connectivity index (χ2v) is 9.17. The molecule has 0 amide bonds. The summed E-state index contributed by atoms with van der Waals surface area (Å²) >= 11 is 9.39. The molecule has 136 valence electrons. The Morgan fingerprint density at radius 3 is 2.44 bits per heavy atom. The highest BCUT2D eigenvalue weighted by atomic mass is 35.5. The number of rotatable bonds is 4. The molecule has 27 heavy (non-hydrogen) atoms. The Hall–Kier alpha value is -2.01. The van der Waals surface area contributed by atoms with Gasteiger partial charge in [0, 0.05) is 22.2 Å². The summed E-state index contributed by atoms with van der Waals surface area (Å²) in [6.45, 7) is 6.46. The number of hydrogen-bond acceptors (Lipinski definition) is 4. The van der Waals surface area contributed by atoms with E-state index in [2.05, 4.69) is 43.3 Å². The average Bonchev–Trinajstić information content (AvgIpc) is 3.29. The van der Waals surface area contributed by atoms with Gasteiger partial charge >= 0.3 is 0 Å². The maximum absolute atomic E-state index is 5.97. The van der Waals surface area contributed by atoms with Crippen molar-refractivity contribution < 1.29 is 0 Å². The summed E-state index contributed by atoms with van der Waals surface area (Å²) in [6.07, 6.45) is 2.71. The van der Waals surface area contributed by atoms with Gasteiger partial charge in [0.15, 0.2) is 0 Å². The maximum atomic E-state index is 5.97. The molecule has 2 nitrogen and oxygen atoms in total. The Kier molecular flexibility index (Phi) is 5.13. The van der Waals surface area contributed by atoms with Crippen LogP contribution in [0.5, 0.6) is 0 Å². The highest BCUT2D eigenvalue weighted by Crippen LogP contribution is 2.31. The lowest BCUT2D eigenvalue weighted by atomic mass is 9.99. The zero-order chi connectivity index (χ0) is 19.0. The minimum atomic E-state index is 0.750. The molecule has 0 fully saturated rings. The van der Waals surface area contributed by atoms with Crippen LogP contribution in [-0.4, -0.2) is 9.97 Å². The van der Waals surface area contributed by atoms with Gasteiger partial charge in [0.25, 0.3) is 0 Å². The molecule has 0 saturated carbocycles. The smallest absolute Gasteiger partial charge is 0.100 e. The molecule has 4 aromatic rings. The topological polar surface area (TPSA) is 25.8 Å². The molecule has 2 heterocycles. The van der Waals surface area contributed by atoms with Crippen molar-refractivity contribution in [1.82, 2.24) is 9.97 Å². The van der Waals surface area contributed by atoms with Crippen LogP contribution in [0.3, 0.4) is 0 Å². The number of aromatic nitrogens is 2. The third-order valence-corrected chi connectivity index (χ3v) is 6.80. The van der Waals surface area contributed by atoms with Gasteiger partial charge in [-0.15, -0.1) is 22.7 Å². The number of benzene rings is 2. The molecule has 0 aliphatic carbocycles. The first-order valence-corrected chi connectivity index (χ1v) is 10.8. The SMILES string of the molecule is Cc1cc(C)c(-c2csc(Cc3ncc(-c4ccc(Cl)cc4)s3)n2)cc1C. The zero-order valence-corrected chi connectivity index (χ0v) is 17.8. The number of aryl methyl sites for hydroxylation is 3. The molecule has 0 N–H and O–H groups in total. The minimum Gasteiger partial charge on any atom is -0.249 e. The van der Waals surface area contributed by atoms with E-state index >= 15 is 0 Å². The molecule has 4 rings (SSSR count). The van der Waals surface area contributed by atoms with E-state index in [1.807, 2.05) is 30.5 Å². The van der Waals surface area contributed by atoms with Crippen LogP contribution < -0.4 is 0 Å². The first-order valence-electron chi connectivity index (χ1n) is 8.73. The molecule has 0 radical (unpaired) electrons. The normalized spacial score (nSPS) is 11.1. The van der Waals surface area contributed by atoms with Crippen molar-refractivity contribution in [1.29, 1.82) is 0 Å². The predicted molar refractivity (Wildman–Crippen MR) is 117 cm³/mol. The molecule has 0 aliphatic heterocycles. The first-order chi connectivity index (χ1) is 13.0. The van der Waals surface area contributed by atoms with Gasteiger partial charge in [0.2, 0.25) is 0 Å². The van der Waals surface area contributed by atoms with Gasteiger partial charge in [0.1, 0.15) is 5.01 Å². The monoisotopic (exact) mass is 410 g/mol. The Morgan fingerprint density at radius 2 is 1.67 bits per heavy atom.